The Labute approximate surface area is 179 Å². The van der Waals surface area contributed by atoms with Crippen LogP contribution in [0.2, 0.25) is 5.02 Å². The van der Waals surface area contributed by atoms with Crippen LogP contribution in [0.1, 0.15) is 31.0 Å². The van der Waals surface area contributed by atoms with Crippen molar-refractivity contribution < 1.29 is 22.8 Å². The van der Waals surface area contributed by atoms with Crippen LogP contribution in [0.3, 0.4) is 0 Å². The molecular formula is C19H15ClF3N3O3S. The van der Waals surface area contributed by atoms with E-state index in [9.17, 15) is 23.3 Å². The zero-order chi connectivity index (χ0) is 22.0. The molecule has 2 bridgehead atoms. The molecule has 0 saturated carbocycles. The molecule has 2 aliphatic heterocycles. The van der Waals surface area contributed by atoms with Crippen LogP contribution in [-0.2, 0) is 6.18 Å². The summed E-state index contributed by atoms with van der Waals surface area (Å²) >= 11 is 11.2. The normalized spacial score (nSPS) is 25.3. The van der Waals surface area contributed by atoms with E-state index in [-0.39, 0.29) is 22.4 Å². The van der Waals surface area contributed by atoms with Crippen molar-refractivity contribution >= 4 is 40.3 Å². The molecule has 0 unspecified atom stereocenters. The minimum Gasteiger partial charge on any atom is -0.467 e. The predicted octanol–water partition coefficient (Wildman–Crippen LogP) is 5.45. The van der Waals surface area contributed by atoms with E-state index in [1.807, 2.05) is 6.92 Å². The van der Waals surface area contributed by atoms with Crippen LogP contribution < -0.4 is 15.0 Å². The molecule has 0 aliphatic carbocycles. The van der Waals surface area contributed by atoms with Crippen molar-refractivity contribution in [2.75, 3.05) is 4.90 Å². The van der Waals surface area contributed by atoms with Crippen LogP contribution in [0.5, 0.6) is 5.75 Å². The van der Waals surface area contributed by atoms with Gasteiger partial charge < -0.3 is 10.1 Å². The number of rotatable bonds is 2. The zero-order valence-corrected chi connectivity index (χ0v) is 17.2. The highest BCUT2D eigenvalue weighted by Gasteiger charge is 2.54. The molecule has 0 aromatic heterocycles. The second kappa shape index (κ2) is 6.71. The molecule has 11 heteroatoms. The molecule has 6 nitrogen and oxygen atoms in total. The summed E-state index contributed by atoms with van der Waals surface area (Å²) in [5, 5.41) is 14.0. The summed E-state index contributed by atoms with van der Waals surface area (Å²) in [5.41, 5.74) is -1.46. The van der Waals surface area contributed by atoms with Crippen molar-refractivity contribution in [1.29, 1.82) is 0 Å². The molecule has 1 N–H and O–H groups in total. The number of anilines is 1. The standard InChI is InChI=1S/C19H15ClF3N3O3S/c1-9-16-12-7-11(26(27)28)4-6-15(12)29-18(9,2)25(17(30)24-16)10-3-5-14(20)13(8-10)19(21,22)23/h3-9,16H,1-2H3,(H,24,30)/t9-,16-,18+/m1/s1. The van der Waals surface area contributed by atoms with Crippen LogP contribution in [-0.4, -0.2) is 15.8 Å². The minimum atomic E-state index is -4.63. The molecule has 2 aromatic rings. The first-order chi connectivity index (χ1) is 13.9. The number of alkyl halides is 3. The highest BCUT2D eigenvalue weighted by molar-refractivity contribution is 7.80. The molecule has 0 radical (unpaired) electrons. The third kappa shape index (κ3) is 3.05. The third-order valence-electron chi connectivity index (χ3n) is 5.64. The van der Waals surface area contributed by atoms with Gasteiger partial charge in [-0.1, -0.05) is 18.5 Å². The maximum Gasteiger partial charge on any atom is 0.417 e. The number of nitrogens with zero attached hydrogens (tertiary/aromatic N) is 2. The lowest BCUT2D eigenvalue weighted by atomic mass is 9.80. The molecule has 2 aromatic carbocycles. The quantitative estimate of drug-likeness (QED) is 0.367. The second-order valence-corrected chi connectivity index (χ2v) is 8.14. The number of nitrogens with one attached hydrogen (secondary N) is 1. The van der Waals surface area contributed by atoms with Crippen LogP contribution in [0.25, 0.3) is 0 Å². The average Bonchev–Trinajstić information content (AvgIpc) is 2.64. The topological polar surface area (TPSA) is 67.6 Å². The summed E-state index contributed by atoms with van der Waals surface area (Å²) in [6, 6.07) is 7.37. The molecule has 1 saturated heterocycles. The molecule has 4 rings (SSSR count). The van der Waals surface area contributed by atoms with Gasteiger partial charge in [0.25, 0.3) is 5.69 Å². The van der Waals surface area contributed by atoms with E-state index >= 15 is 0 Å². The van der Waals surface area contributed by atoms with Gasteiger partial charge in [0.1, 0.15) is 5.75 Å². The van der Waals surface area contributed by atoms with Crippen molar-refractivity contribution in [3.05, 3.63) is 62.7 Å². The fraction of sp³-hybridized carbons (Fsp3) is 0.316. The number of benzene rings is 2. The van der Waals surface area contributed by atoms with Gasteiger partial charge in [-0.2, -0.15) is 13.2 Å². The number of thiocarbonyl (C=S) groups is 1. The van der Waals surface area contributed by atoms with Crippen molar-refractivity contribution in [3.8, 4) is 5.75 Å². The number of nitro benzene ring substituents is 1. The molecule has 3 atom stereocenters. The fourth-order valence-electron chi connectivity index (χ4n) is 3.97. The number of halogens is 4. The Bertz CT molecular complexity index is 1080. The van der Waals surface area contributed by atoms with Gasteiger partial charge in [0, 0.05) is 29.3 Å². The molecule has 158 valence electrons. The summed E-state index contributed by atoms with van der Waals surface area (Å²) in [6.07, 6.45) is -4.63. The molecule has 1 fully saturated rings. The first-order valence-corrected chi connectivity index (χ1v) is 9.67. The number of nitro groups is 1. The predicted molar refractivity (Wildman–Crippen MR) is 109 cm³/mol. The van der Waals surface area contributed by atoms with E-state index in [1.54, 1.807) is 6.92 Å². The van der Waals surface area contributed by atoms with Crippen LogP contribution in [0.4, 0.5) is 24.5 Å². The third-order valence-corrected chi connectivity index (χ3v) is 6.27. The van der Waals surface area contributed by atoms with Crippen molar-refractivity contribution in [1.82, 2.24) is 5.32 Å². The van der Waals surface area contributed by atoms with Gasteiger partial charge in [-0.3, -0.25) is 15.0 Å². The van der Waals surface area contributed by atoms with Crippen molar-refractivity contribution in [3.63, 3.8) is 0 Å². The Hall–Kier alpha value is -2.59. The Kier molecular flexibility index (Phi) is 4.62. The molecule has 2 heterocycles. The smallest absolute Gasteiger partial charge is 0.417 e. The van der Waals surface area contributed by atoms with Crippen molar-refractivity contribution in [2.24, 2.45) is 5.92 Å². The number of fused-ring (bicyclic) bond motifs is 4. The van der Waals surface area contributed by atoms with Gasteiger partial charge in [0.15, 0.2) is 10.8 Å². The first kappa shape index (κ1) is 20.7. The van der Waals surface area contributed by atoms with Crippen LogP contribution in [0.15, 0.2) is 36.4 Å². The molecule has 0 amide bonds. The molecule has 30 heavy (non-hydrogen) atoms. The lowest BCUT2D eigenvalue weighted by Crippen LogP contribution is -2.69. The van der Waals surface area contributed by atoms with E-state index < -0.39 is 33.5 Å². The van der Waals surface area contributed by atoms with E-state index in [4.69, 9.17) is 28.6 Å². The number of hydrogen-bond donors (Lipinski definition) is 1. The number of non-ortho nitro benzene ring substituents is 1. The van der Waals surface area contributed by atoms with E-state index in [0.717, 1.165) is 6.07 Å². The summed E-state index contributed by atoms with van der Waals surface area (Å²) in [5.74, 6) is 0.0833. The average molecular weight is 458 g/mol. The molecule has 2 aliphatic rings. The number of ether oxygens (including phenoxy) is 1. The fourth-order valence-corrected chi connectivity index (χ4v) is 4.61. The van der Waals surface area contributed by atoms with E-state index in [2.05, 4.69) is 5.32 Å². The first-order valence-electron chi connectivity index (χ1n) is 8.88. The van der Waals surface area contributed by atoms with E-state index in [1.165, 1.54) is 35.2 Å². The Morgan fingerprint density at radius 3 is 2.63 bits per heavy atom. The highest BCUT2D eigenvalue weighted by Crippen LogP contribution is 2.50. The van der Waals surface area contributed by atoms with Gasteiger partial charge in [-0.05, 0) is 43.4 Å². The van der Waals surface area contributed by atoms with Gasteiger partial charge in [0.2, 0.25) is 0 Å². The lowest BCUT2D eigenvalue weighted by molar-refractivity contribution is -0.385. The van der Waals surface area contributed by atoms with Crippen molar-refractivity contribution in [2.45, 2.75) is 31.8 Å². The van der Waals surface area contributed by atoms with Crippen LogP contribution >= 0.6 is 23.8 Å². The maximum atomic E-state index is 13.4. The van der Waals surface area contributed by atoms with Gasteiger partial charge in [-0.15, -0.1) is 0 Å². The largest absolute Gasteiger partial charge is 0.467 e. The summed E-state index contributed by atoms with van der Waals surface area (Å²) < 4.78 is 46.3. The summed E-state index contributed by atoms with van der Waals surface area (Å²) in [6.45, 7) is 3.57. The zero-order valence-electron chi connectivity index (χ0n) is 15.7. The van der Waals surface area contributed by atoms with Crippen LogP contribution in [0, 0.1) is 16.0 Å². The lowest BCUT2D eigenvalue weighted by Gasteiger charge is -2.56. The highest BCUT2D eigenvalue weighted by atomic mass is 35.5. The Morgan fingerprint density at radius 1 is 1.30 bits per heavy atom. The van der Waals surface area contributed by atoms with Gasteiger partial charge >= 0.3 is 6.18 Å². The van der Waals surface area contributed by atoms with Gasteiger partial charge in [0.05, 0.1) is 21.6 Å². The molecule has 0 spiro atoms. The molecular weight excluding hydrogens is 443 g/mol. The monoisotopic (exact) mass is 457 g/mol. The Balaban J connectivity index is 1.83. The Morgan fingerprint density at radius 2 is 2.00 bits per heavy atom. The summed E-state index contributed by atoms with van der Waals surface area (Å²) in [4.78, 5) is 12.1. The van der Waals surface area contributed by atoms with E-state index in [0.29, 0.717) is 11.3 Å². The minimum absolute atomic E-state index is 0.0872. The number of hydrogen-bond acceptors (Lipinski definition) is 4. The second-order valence-electron chi connectivity index (χ2n) is 7.35. The van der Waals surface area contributed by atoms with Gasteiger partial charge in [-0.25, -0.2) is 0 Å². The summed E-state index contributed by atoms with van der Waals surface area (Å²) in [7, 11) is 0. The maximum absolute atomic E-state index is 13.4. The SMILES string of the molecule is C[C@@H]1[C@H]2NC(=S)N(c3ccc(Cl)c(C(F)(F)F)c3)[C@@]1(C)Oc1ccc([N+](=O)[O-])cc12.